The molecule has 4 heteroatoms. The Morgan fingerprint density at radius 2 is 2.13 bits per heavy atom. The van der Waals surface area contributed by atoms with E-state index < -0.39 is 6.09 Å². The molecule has 0 aromatic heterocycles. The van der Waals surface area contributed by atoms with Crippen molar-refractivity contribution in [3.05, 3.63) is 23.7 Å². The molecule has 0 saturated carbocycles. The quantitative estimate of drug-likeness (QED) is 0.724. The highest BCUT2D eigenvalue weighted by molar-refractivity contribution is 5.68. The number of aliphatic hydroxyl groups is 1. The first-order chi connectivity index (χ1) is 6.80. The molecule has 0 atom stereocenters. The van der Waals surface area contributed by atoms with Crippen molar-refractivity contribution < 1.29 is 14.6 Å². The molecule has 0 spiro atoms. The second-order valence-corrected chi connectivity index (χ2v) is 4.61. The van der Waals surface area contributed by atoms with E-state index in [1.54, 1.807) is 14.1 Å². The summed E-state index contributed by atoms with van der Waals surface area (Å²) < 4.78 is 5.07. The maximum atomic E-state index is 11.3. The zero-order valence-electron chi connectivity index (χ0n) is 9.57. The van der Waals surface area contributed by atoms with Gasteiger partial charge in [0.15, 0.2) is 0 Å². The maximum absolute atomic E-state index is 11.3. The average molecular weight is 211 g/mol. The lowest BCUT2D eigenvalue weighted by atomic mass is 9.85. The third-order valence-electron chi connectivity index (χ3n) is 2.05. The van der Waals surface area contributed by atoms with Crippen molar-refractivity contribution in [2.75, 3.05) is 14.1 Å². The van der Waals surface area contributed by atoms with Crippen molar-refractivity contribution in [2.24, 2.45) is 5.41 Å². The van der Waals surface area contributed by atoms with E-state index in [4.69, 9.17) is 4.74 Å². The van der Waals surface area contributed by atoms with Gasteiger partial charge in [0, 0.05) is 26.6 Å². The van der Waals surface area contributed by atoms with Crippen molar-refractivity contribution in [1.29, 1.82) is 0 Å². The number of rotatable bonds is 1. The number of hydrogen-bond donors (Lipinski definition) is 1. The molecule has 0 aromatic carbocycles. The molecule has 1 N–H and O–H groups in total. The molecule has 0 unspecified atom stereocenters. The standard InChI is InChI=1S/C11H17NO3/c1-11(2)6-8(13)5-9(7-11)15-10(14)12(3)4/h5,7,13H,6H2,1-4H3. The lowest BCUT2D eigenvalue weighted by molar-refractivity contribution is 0.146. The largest absolute Gasteiger partial charge is 0.512 e. The van der Waals surface area contributed by atoms with Gasteiger partial charge in [-0.3, -0.25) is 0 Å². The molecule has 1 aliphatic rings. The van der Waals surface area contributed by atoms with Crippen LogP contribution in [0.25, 0.3) is 0 Å². The Bertz CT molecular complexity index is 327. The van der Waals surface area contributed by atoms with Crippen LogP contribution in [0, 0.1) is 5.41 Å². The monoisotopic (exact) mass is 211 g/mol. The first kappa shape index (κ1) is 11.6. The lowest BCUT2D eigenvalue weighted by Gasteiger charge is -2.25. The summed E-state index contributed by atoms with van der Waals surface area (Å²) in [5, 5.41) is 9.48. The molecule has 84 valence electrons. The summed E-state index contributed by atoms with van der Waals surface area (Å²) in [4.78, 5) is 12.6. The van der Waals surface area contributed by atoms with E-state index in [-0.39, 0.29) is 11.2 Å². The van der Waals surface area contributed by atoms with Crippen LogP contribution in [0.5, 0.6) is 0 Å². The van der Waals surface area contributed by atoms with E-state index in [1.807, 2.05) is 19.9 Å². The highest BCUT2D eigenvalue weighted by Gasteiger charge is 2.24. The predicted molar refractivity (Wildman–Crippen MR) is 57.4 cm³/mol. The number of allylic oxidation sites excluding steroid dienone is 3. The summed E-state index contributed by atoms with van der Waals surface area (Å²) in [7, 11) is 3.22. The highest BCUT2D eigenvalue weighted by atomic mass is 16.6. The van der Waals surface area contributed by atoms with Crippen LogP contribution >= 0.6 is 0 Å². The van der Waals surface area contributed by atoms with Crippen LogP contribution in [0.2, 0.25) is 0 Å². The van der Waals surface area contributed by atoms with Crippen LogP contribution in [0.3, 0.4) is 0 Å². The summed E-state index contributed by atoms with van der Waals surface area (Å²) in [6.45, 7) is 3.94. The maximum Gasteiger partial charge on any atom is 0.414 e. The second-order valence-electron chi connectivity index (χ2n) is 4.61. The van der Waals surface area contributed by atoms with Crippen LogP contribution in [0.15, 0.2) is 23.7 Å². The predicted octanol–water partition coefficient (Wildman–Crippen LogP) is 2.44. The minimum atomic E-state index is -0.442. The van der Waals surface area contributed by atoms with Gasteiger partial charge < -0.3 is 14.7 Å². The zero-order valence-corrected chi connectivity index (χ0v) is 9.57. The molecule has 4 nitrogen and oxygen atoms in total. The van der Waals surface area contributed by atoms with Gasteiger partial charge in [0.2, 0.25) is 0 Å². The second kappa shape index (κ2) is 3.96. The van der Waals surface area contributed by atoms with Crippen LogP contribution in [0.4, 0.5) is 4.79 Å². The van der Waals surface area contributed by atoms with Gasteiger partial charge in [-0.2, -0.15) is 0 Å². The van der Waals surface area contributed by atoms with E-state index in [2.05, 4.69) is 0 Å². The van der Waals surface area contributed by atoms with Gasteiger partial charge in [-0.15, -0.1) is 0 Å². The summed E-state index contributed by atoms with van der Waals surface area (Å²) in [6, 6.07) is 0. The summed E-state index contributed by atoms with van der Waals surface area (Å²) in [5.41, 5.74) is -0.180. The molecule has 0 bridgehead atoms. The molecule has 0 aliphatic heterocycles. The smallest absolute Gasteiger partial charge is 0.414 e. The van der Waals surface area contributed by atoms with Crippen LogP contribution < -0.4 is 0 Å². The van der Waals surface area contributed by atoms with Crippen LogP contribution in [-0.2, 0) is 4.74 Å². The Labute approximate surface area is 89.8 Å². The van der Waals surface area contributed by atoms with Crippen molar-refractivity contribution in [2.45, 2.75) is 20.3 Å². The number of ether oxygens (including phenoxy) is 1. The molecule has 1 aliphatic carbocycles. The number of aliphatic hydroxyl groups excluding tert-OH is 1. The van der Waals surface area contributed by atoms with Gasteiger partial charge in [0.1, 0.15) is 5.76 Å². The fraction of sp³-hybridized carbons (Fsp3) is 0.545. The van der Waals surface area contributed by atoms with E-state index in [9.17, 15) is 9.90 Å². The van der Waals surface area contributed by atoms with Crippen LogP contribution in [-0.4, -0.2) is 30.2 Å². The fourth-order valence-electron chi connectivity index (χ4n) is 1.41. The fourth-order valence-corrected chi connectivity index (χ4v) is 1.41. The van der Waals surface area contributed by atoms with Gasteiger partial charge in [-0.25, -0.2) is 4.79 Å². The van der Waals surface area contributed by atoms with Gasteiger partial charge in [0.25, 0.3) is 0 Å². The molecule has 0 aromatic rings. The van der Waals surface area contributed by atoms with E-state index in [0.29, 0.717) is 12.2 Å². The Kier molecular flexibility index (Phi) is 3.07. The van der Waals surface area contributed by atoms with Crippen LogP contribution in [0.1, 0.15) is 20.3 Å². The minimum absolute atomic E-state index is 0.180. The first-order valence-corrected chi connectivity index (χ1v) is 4.82. The molecule has 1 rings (SSSR count). The van der Waals surface area contributed by atoms with Crippen molar-refractivity contribution in [3.63, 3.8) is 0 Å². The summed E-state index contributed by atoms with van der Waals surface area (Å²) in [6.07, 6.45) is 3.44. The molecular formula is C11H17NO3. The number of hydrogen-bond acceptors (Lipinski definition) is 3. The van der Waals surface area contributed by atoms with Crippen molar-refractivity contribution in [3.8, 4) is 0 Å². The van der Waals surface area contributed by atoms with Gasteiger partial charge in [-0.1, -0.05) is 13.8 Å². The van der Waals surface area contributed by atoms with Gasteiger partial charge in [-0.05, 0) is 11.5 Å². The number of nitrogens with zero attached hydrogens (tertiary/aromatic N) is 1. The molecule has 0 radical (unpaired) electrons. The summed E-state index contributed by atoms with van der Waals surface area (Å²) >= 11 is 0. The van der Waals surface area contributed by atoms with Gasteiger partial charge in [0.05, 0.1) is 5.76 Å². The van der Waals surface area contributed by atoms with E-state index in [1.165, 1.54) is 11.0 Å². The highest BCUT2D eigenvalue weighted by Crippen LogP contribution is 2.32. The Hall–Kier alpha value is -1.45. The topological polar surface area (TPSA) is 49.8 Å². The lowest BCUT2D eigenvalue weighted by Crippen LogP contribution is -2.24. The number of carbonyl (C=O) groups excluding carboxylic acids is 1. The van der Waals surface area contributed by atoms with E-state index in [0.717, 1.165) is 0 Å². The average Bonchev–Trinajstić information content (AvgIpc) is 1.99. The zero-order chi connectivity index (χ0) is 11.6. The Morgan fingerprint density at radius 3 is 2.60 bits per heavy atom. The van der Waals surface area contributed by atoms with Crippen molar-refractivity contribution >= 4 is 6.09 Å². The Morgan fingerprint density at radius 1 is 1.53 bits per heavy atom. The molecule has 1 amide bonds. The third-order valence-corrected chi connectivity index (χ3v) is 2.05. The SMILES string of the molecule is CN(C)C(=O)OC1=CC(C)(C)CC(O)=C1. The summed E-state index contributed by atoms with van der Waals surface area (Å²) in [5.74, 6) is 0.645. The number of amides is 1. The molecule has 0 saturated heterocycles. The third kappa shape index (κ3) is 3.31. The Balaban J connectivity index is 2.78. The minimum Gasteiger partial charge on any atom is -0.512 e. The molecule has 0 fully saturated rings. The van der Waals surface area contributed by atoms with Gasteiger partial charge >= 0.3 is 6.09 Å². The van der Waals surface area contributed by atoms with Crippen molar-refractivity contribution in [1.82, 2.24) is 4.90 Å². The normalized spacial score (nSPS) is 18.9. The van der Waals surface area contributed by atoms with E-state index >= 15 is 0 Å². The molecular weight excluding hydrogens is 194 g/mol. The molecule has 0 heterocycles. The molecule has 15 heavy (non-hydrogen) atoms. The first-order valence-electron chi connectivity index (χ1n) is 4.82. The number of carbonyl (C=O) groups is 1.